The van der Waals surface area contributed by atoms with Gasteiger partial charge in [0, 0.05) is 32.3 Å². The lowest BCUT2D eigenvalue weighted by Crippen LogP contribution is -2.40. The van der Waals surface area contributed by atoms with Crippen molar-refractivity contribution in [3.05, 3.63) is 60.2 Å². The van der Waals surface area contributed by atoms with Gasteiger partial charge in [0.25, 0.3) is 5.91 Å². The van der Waals surface area contributed by atoms with E-state index in [1.807, 2.05) is 49.1 Å². The van der Waals surface area contributed by atoms with Gasteiger partial charge >= 0.3 is 5.97 Å². The summed E-state index contributed by atoms with van der Waals surface area (Å²) in [6.45, 7) is 5.97. The summed E-state index contributed by atoms with van der Waals surface area (Å²) in [6, 6.07) is 13.9. The minimum atomic E-state index is -3.75. The SMILES string of the molecule is CCN(CC)c1ccc(S(=O)(=O)N2CCOCC2)cc1NC(=O)COC(=O)/C=C/c1ccccc1. The number of hydrogen-bond donors (Lipinski definition) is 1. The van der Waals surface area contributed by atoms with Crippen molar-refractivity contribution in [1.29, 1.82) is 0 Å². The highest BCUT2D eigenvalue weighted by atomic mass is 32.2. The van der Waals surface area contributed by atoms with Crippen LogP contribution in [0.5, 0.6) is 0 Å². The molecule has 1 amide bonds. The first-order chi connectivity index (χ1) is 16.8. The minimum absolute atomic E-state index is 0.0772. The molecular formula is C25H31N3O6S. The summed E-state index contributed by atoms with van der Waals surface area (Å²) in [5, 5.41) is 2.71. The van der Waals surface area contributed by atoms with Gasteiger partial charge in [-0.2, -0.15) is 4.31 Å². The Morgan fingerprint density at radius 3 is 2.43 bits per heavy atom. The predicted octanol–water partition coefficient (Wildman–Crippen LogP) is 2.75. The Balaban J connectivity index is 1.74. The molecule has 1 heterocycles. The Morgan fingerprint density at radius 2 is 1.77 bits per heavy atom. The van der Waals surface area contributed by atoms with Gasteiger partial charge in [-0.3, -0.25) is 4.79 Å². The van der Waals surface area contributed by atoms with Crippen molar-refractivity contribution in [2.24, 2.45) is 0 Å². The number of amides is 1. The topological polar surface area (TPSA) is 105 Å². The van der Waals surface area contributed by atoms with E-state index < -0.39 is 28.5 Å². The molecule has 0 radical (unpaired) electrons. The number of carbonyl (C=O) groups excluding carboxylic acids is 2. The van der Waals surface area contributed by atoms with E-state index in [0.717, 1.165) is 5.56 Å². The summed E-state index contributed by atoms with van der Waals surface area (Å²) >= 11 is 0. The average molecular weight is 502 g/mol. The molecule has 0 unspecified atom stereocenters. The Bertz CT molecular complexity index is 1140. The van der Waals surface area contributed by atoms with E-state index in [4.69, 9.17) is 9.47 Å². The Kier molecular flexibility index (Phi) is 9.41. The molecule has 0 spiro atoms. The highest BCUT2D eigenvalue weighted by Crippen LogP contribution is 2.30. The van der Waals surface area contributed by atoms with E-state index in [2.05, 4.69) is 5.32 Å². The van der Waals surface area contributed by atoms with Crippen molar-refractivity contribution >= 4 is 39.4 Å². The van der Waals surface area contributed by atoms with Gasteiger partial charge in [-0.1, -0.05) is 30.3 Å². The third kappa shape index (κ3) is 7.14. The van der Waals surface area contributed by atoms with Gasteiger partial charge in [0.05, 0.1) is 29.5 Å². The van der Waals surface area contributed by atoms with Crippen molar-refractivity contribution < 1.29 is 27.5 Å². The van der Waals surface area contributed by atoms with Crippen LogP contribution < -0.4 is 10.2 Å². The number of nitrogens with one attached hydrogen (secondary N) is 1. The van der Waals surface area contributed by atoms with Crippen molar-refractivity contribution in [2.75, 3.05) is 56.2 Å². The highest BCUT2D eigenvalue weighted by Gasteiger charge is 2.27. The van der Waals surface area contributed by atoms with Crippen molar-refractivity contribution in [1.82, 2.24) is 4.31 Å². The van der Waals surface area contributed by atoms with Gasteiger partial charge in [0.2, 0.25) is 10.0 Å². The first-order valence-electron chi connectivity index (χ1n) is 11.5. The number of rotatable bonds is 10. The van der Waals surface area contributed by atoms with E-state index in [1.54, 1.807) is 18.2 Å². The lowest BCUT2D eigenvalue weighted by Gasteiger charge is -2.28. The average Bonchev–Trinajstić information content (AvgIpc) is 2.88. The van der Waals surface area contributed by atoms with Crippen LogP contribution in [-0.4, -0.2) is 70.6 Å². The largest absolute Gasteiger partial charge is 0.452 e. The lowest BCUT2D eigenvalue weighted by molar-refractivity contribution is -0.142. The Morgan fingerprint density at radius 1 is 1.09 bits per heavy atom. The minimum Gasteiger partial charge on any atom is -0.452 e. The molecule has 1 N–H and O–H groups in total. The maximum atomic E-state index is 13.1. The number of esters is 1. The number of nitrogens with zero attached hydrogens (tertiary/aromatic N) is 2. The normalized spacial score (nSPS) is 14.6. The molecule has 1 aliphatic rings. The number of morpholine rings is 1. The first kappa shape index (κ1) is 26.4. The smallest absolute Gasteiger partial charge is 0.331 e. The molecule has 1 aliphatic heterocycles. The quantitative estimate of drug-likeness (QED) is 0.394. The molecular weight excluding hydrogens is 470 g/mol. The van der Waals surface area contributed by atoms with E-state index in [9.17, 15) is 18.0 Å². The third-order valence-corrected chi connectivity index (χ3v) is 7.41. The molecule has 0 aliphatic carbocycles. The zero-order valence-corrected chi connectivity index (χ0v) is 20.8. The molecule has 9 nitrogen and oxygen atoms in total. The molecule has 10 heteroatoms. The molecule has 2 aromatic carbocycles. The fraction of sp³-hybridized carbons (Fsp3) is 0.360. The van der Waals surface area contributed by atoms with Crippen molar-refractivity contribution in [3.63, 3.8) is 0 Å². The van der Waals surface area contributed by atoms with Crippen LogP contribution in [0.1, 0.15) is 19.4 Å². The monoisotopic (exact) mass is 501 g/mol. The van der Waals surface area contributed by atoms with Crippen LogP contribution in [0, 0.1) is 0 Å². The zero-order chi connectivity index (χ0) is 25.3. The maximum Gasteiger partial charge on any atom is 0.331 e. The summed E-state index contributed by atoms with van der Waals surface area (Å²) < 4.78 is 37.9. The van der Waals surface area contributed by atoms with Gasteiger partial charge < -0.3 is 19.7 Å². The fourth-order valence-corrected chi connectivity index (χ4v) is 5.09. The van der Waals surface area contributed by atoms with Gasteiger partial charge in [0.15, 0.2) is 6.61 Å². The van der Waals surface area contributed by atoms with Crippen LogP contribution in [0.25, 0.3) is 6.08 Å². The molecule has 2 aromatic rings. The zero-order valence-electron chi connectivity index (χ0n) is 20.0. The Labute approximate surface area is 206 Å². The molecule has 1 fully saturated rings. The summed E-state index contributed by atoms with van der Waals surface area (Å²) in [5.41, 5.74) is 1.85. The van der Waals surface area contributed by atoms with Gasteiger partial charge in [-0.25, -0.2) is 13.2 Å². The number of carbonyl (C=O) groups is 2. The summed E-state index contributed by atoms with van der Waals surface area (Å²) in [7, 11) is -3.75. The molecule has 0 bridgehead atoms. The lowest BCUT2D eigenvalue weighted by atomic mass is 10.2. The van der Waals surface area contributed by atoms with Gasteiger partial charge in [-0.15, -0.1) is 0 Å². The standard InChI is InChI=1S/C25H31N3O6S/c1-3-27(4-2)23-12-11-21(35(31,32)28-14-16-33-17-15-28)18-22(23)26-24(29)19-34-25(30)13-10-20-8-6-5-7-9-20/h5-13,18H,3-4,14-17,19H2,1-2H3,(H,26,29)/b13-10+. The van der Waals surface area contributed by atoms with Gasteiger partial charge in [0.1, 0.15) is 0 Å². The summed E-state index contributed by atoms with van der Waals surface area (Å²) in [6.07, 6.45) is 2.85. The second-order valence-electron chi connectivity index (χ2n) is 7.77. The summed E-state index contributed by atoms with van der Waals surface area (Å²) in [4.78, 5) is 26.7. The number of sulfonamides is 1. The number of hydrogen-bond acceptors (Lipinski definition) is 7. The van der Waals surface area contributed by atoms with Crippen LogP contribution in [0.2, 0.25) is 0 Å². The van der Waals surface area contributed by atoms with Crippen LogP contribution in [-0.2, 0) is 29.1 Å². The molecule has 0 saturated carbocycles. The highest BCUT2D eigenvalue weighted by molar-refractivity contribution is 7.89. The van der Waals surface area contributed by atoms with Crippen LogP contribution >= 0.6 is 0 Å². The fourth-order valence-electron chi connectivity index (χ4n) is 3.65. The predicted molar refractivity (Wildman–Crippen MR) is 135 cm³/mol. The van der Waals surface area contributed by atoms with E-state index >= 15 is 0 Å². The number of anilines is 2. The van der Waals surface area contributed by atoms with Crippen LogP contribution in [0.4, 0.5) is 11.4 Å². The van der Waals surface area contributed by atoms with E-state index in [-0.39, 0.29) is 18.0 Å². The number of benzene rings is 2. The van der Waals surface area contributed by atoms with E-state index in [1.165, 1.54) is 16.4 Å². The summed E-state index contributed by atoms with van der Waals surface area (Å²) in [5.74, 6) is -1.22. The molecule has 35 heavy (non-hydrogen) atoms. The van der Waals surface area contributed by atoms with Crippen molar-refractivity contribution in [3.8, 4) is 0 Å². The number of ether oxygens (including phenoxy) is 2. The maximum absolute atomic E-state index is 13.1. The molecule has 1 saturated heterocycles. The van der Waals surface area contributed by atoms with Crippen LogP contribution in [0.15, 0.2) is 59.5 Å². The molecule has 0 aromatic heterocycles. The second kappa shape index (κ2) is 12.5. The van der Waals surface area contributed by atoms with Crippen LogP contribution in [0.3, 0.4) is 0 Å². The van der Waals surface area contributed by atoms with Gasteiger partial charge in [-0.05, 0) is 43.7 Å². The molecule has 0 atom stereocenters. The Hall–Kier alpha value is -3.21. The molecule has 188 valence electrons. The third-order valence-electron chi connectivity index (χ3n) is 5.51. The molecule has 3 rings (SSSR count). The first-order valence-corrected chi connectivity index (χ1v) is 13.0. The van der Waals surface area contributed by atoms with E-state index in [0.29, 0.717) is 37.7 Å². The van der Waals surface area contributed by atoms with Crippen molar-refractivity contribution in [2.45, 2.75) is 18.7 Å². The second-order valence-corrected chi connectivity index (χ2v) is 9.71.